The number of carboxylic acids is 1. The number of carboxylic acid groups (broad SMARTS) is 1. The first kappa shape index (κ1) is 13.2. The molecule has 1 heterocycles. The van der Waals surface area contributed by atoms with Gasteiger partial charge in [0.05, 0.1) is 11.7 Å². The molecule has 0 aromatic carbocycles. The van der Waals surface area contributed by atoms with Gasteiger partial charge in [-0.1, -0.05) is 0 Å². The number of aromatic nitrogens is 2. The van der Waals surface area contributed by atoms with Crippen molar-refractivity contribution in [1.82, 2.24) is 9.78 Å². The molecule has 4 N–H and O–H groups in total. The van der Waals surface area contributed by atoms with Gasteiger partial charge in [0.1, 0.15) is 5.82 Å². The summed E-state index contributed by atoms with van der Waals surface area (Å²) in [5.74, 6) is -0.836. The minimum absolute atomic E-state index is 0.109. The molecule has 1 aromatic rings. The highest BCUT2D eigenvalue weighted by Crippen LogP contribution is 2.08. The Hall–Kier alpha value is -1.89. The Balaban J connectivity index is 2.54. The first-order chi connectivity index (χ1) is 7.90. The Morgan fingerprint density at radius 3 is 2.76 bits per heavy atom. The molecule has 0 saturated carbocycles. The SMILES string of the molecule is Cc1cc(NC(=O)C(N)CCC(=O)O)n(C)n1. The number of carbonyl (C=O) groups is 2. The molecule has 1 unspecified atom stereocenters. The van der Waals surface area contributed by atoms with Crippen LogP contribution in [0.15, 0.2) is 6.07 Å². The van der Waals surface area contributed by atoms with Gasteiger partial charge >= 0.3 is 5.97 Å². The second kappa shape index (κ2) is 5.44. The molecule has 7 heteroatoms. The molecule has 1 rings (SSSR count). The first-order valence-electron chi connectivity index (χ1n) is 5.19. The number of carbonyl (C=O) groups excluding carboxylic acids is 1. The summed E-state index contributed by atoms with van der Waals surface area (Å²) in [7, 11) is 1.70. The van der Waals surface area contributed by atoms with Crippen LogP contribution >= 0.6 is 0 Å². The maximum absolute atomic E-state index is 11.6. The fourth-order valence-electron chi connectivity index (χ4n) is 1.36. The van der Waals surface area contributed by atoms with E-state index in [0.29, 0.717) is 5.82 Å². The number of hydrogen-bond donors (Lipinski definition) is 3. The van der Waals surface area contributed by atoms with E-state index in [9.17, 15) is 9.59 Å². The predicted octanol–water partition coefficient (Wildman–Crippen LogP) is -0.141. The third kappa shape index (κ3) is 3.87. The Labute approximate surface area is 98.6 Å². The topological polar surface area (TPSA) is 110 Å². The Kier molecular flexibility index (Phi) is 4.22. The molecule has 0 saturated heterocycles. The van der Waals surface area contributed by atoms with Crippen LogP contribution in [0.1, 0.15) is 18.5 Å². The van der Waals surface area contributed by atoms with Crippen molar-refractivity contribution < 1.29 is 14.7 Å². The zero-order chi connectivity index (χ0) is 13.0. The summed E-state index contributed by atoms with van der Waals surface area (Å²) < 4.78 is 1.52. The van der Waals surface area contributed by atoms with Gasteiger partial charge in [-0.3, -0.25) is 14.3 Å². The molecule has 17 heavy (non-hydrogen) atoms. The number of rotatable bonds is 5. The molecule has 0 radical (unpaired) electrons. The fourth-order valence-corrected chi connectivity index (χ4v) is 1.36. The summed E-state index contributed by atoms with van der Waals surface area (Å²) in [6.07, 6.45) is -0.0169. The van der Waals surface area contributed by atoms with E-state index in [1.54, 1.807) is 20.0 Å². The van der Waals surface area contributed by atoms with Crippen LogP contribution in [0, 0.1) is 6.92 Å². The van der Waals surface area contributed by atoms with Crippen LogP contribution in [-0.4, -0.2) is 32.8 Å². The van der Waals surface area contributed by atoms with E-state index in [4.69, 9.17) is 10.8 Å². The van der Waals surface area contributed by atoms with Crippen molar-refractivity contribution >= 4 is 17.7 Å². The number of aliphatic carboxylic acids is 1. The van der Waals surface area contributed by atoms with Crippen molar-refractivity contribution in [3.05, 3.63) is 11.8 Å². The molecule has 7 nitrogen and oxygen atoms in total. The lowest BCUT2D eigenvalue weighted by Crippen LogP contribution is -2.36. The summed E-state index contributed by atoms with van der Waals surface area (Å²) in [5.41, 5.74) is 6.34. The van der Waals surface area contributed by atoms with Gasteiger partial charge in [-0.2, -0.15) is 5.10 Å². The largest absolute Gasteiger partial charge is 0.481 e. The minimum atomic E-state index is -0.968. The zero-order valence-corrected chi connectivity index (χ0v) is 9.80. The molecule has 0 aliphatic rings. The Bertz CT molecular complexity index is 427. The first-order valence-corrected chi connectivity index (χ1v) is 5.19. The van der Waals surface area contributed by atoms with Gasteiger partial charge in [-0.05, 0) is 13.3 Å². The summed E-state index contributed by atoms with van der Waals surface area (Å²) >= 11 is 0. The monoisotopic (exact) mass is 240 g/mol. The van der Waals surface area contributed by atoms with Crippen LogP contribution in [0.25, 0.3) is 0 Å². The van der Waals surface area contributed by atoms with Crippen molar-refractivity contribution in [2.24, 2.45) is 12.8 Å². The third-order valence-corrected chi connectivity index (χ3v) is 2.26. The smallest absolute Gasteiger partial charge is 0.303 e. The normalized spacial score (nSPS) is 12.2. The lowest BCUT2D eigenvalue weighted by Gasteiger charge is -2.10. The van der Waals surface area contributed by atoms with Gasteiger partial charge in [0.2, 0.25) is 5.91 Å². The van der Waals surface area contributed by atoms with E-state index in [2.05, 4.69) is 10.4 Å². The lowest BCUT2D eigenvalue weighted by molar-refractivity contribution is -0.137. The van der Waals surface area contributed by atoms with E-state index in [1.165, 1.54) is 4.68 Å². The maximum atomic E-state index is 11.6. The third-order valence-electron chi connectivity index (χ3n) is 2.26. The highest BCUT2D eigenvalue weighted by atomic mass is 16.4. The number of aryl methyl sites for hydroxylation is 2. The van der Waals surface area contributed by atoms with Gasteiger partial charge in [0.15, 0.2) is 0 Å². The van der Waals surface area contributed by atoms with Crippen molar-refractivity contribution in [2.75, 3.05) is 5.32 Å². The van der Waals surface area contributed by atoms with E-state index < -0.39 is 17.9 Å². The molecule has 1 aromatic heterocycles. The lowest BCUT2D eigenvalue weighted by atomic mass is 10.1. The fraction of sp³-hybridized carbons (Fsp3) is 0.500. The van der Waals surface area contributed by atoms with E-state index in [0.717, 1.165) is 5.69 Å². The highest BCUT2D eigenvalue weighted by molar-refractivity contribution is 5.94. The van der Waals surface area contributed by atoms with Crippen molar-refractivity contribution in [3.63, 3.8) is 0 Å². The van der Waals surface area contributed by atoms with Crippen molar-refractivity contribution in [2.45, 2.75) is 25.8 Å². The van der Waals surface area contributed by atoms with Crippen molar-refractivity contribution in [3.8, 4) is 0 Å². The van der Waals surface area contributed by atoms with Crippen LogP contribution in [-0.2, 0) is 16.6 Å². The number of amides is 1. The van der Waals surface area contributed by atoms with Crippen LogP contribution in [0.5, 0.6) is 0 Å². The van der Waals surface area contributed by atoms with Crippen molar-refractivity contribution in [1.29, 1.82) is 0 Å². The molecule has 0 aliphatic carbocycles. The number of nitrogens with zero attached hydrogens (tertiary/aromatic N) is 2. The van der Waals surface area contributed by atoms with Crippen LogP contribution in [0.3, 0.4) is 0 Å². The quantitative estimate of drug-likeness (QED) is 0.663. The second-order valence-corrected chi connectivity index (χ2v) is 3.82. The summed E-state index contributed by atoms with van der Waals surface area (Å²) in [6.45, 7) is 1.81. The van der Waals surface area contributed by atoms with E-state index in [-0.39, 0.29) is 12.8 Å². The van der Waals surface area contributed by atoms with Gasteiger partial charge in [-0.25, -0.2) is 0 Å². The maximum Gasteiger partial charge on any atom is 0.303 e. The van der Waals surface area contributed by atoms with Gasteiger partial charge in [0, 0.05) is 19.5 Å². The minimum Gasteiger partial charge on any atom is -0.481 e. The second-order valence-electron chi connectivity index (χ2n) is 3.82. The highest BCUT2D eigenvalue weighted by Gasteiger charge is 2.16. The van der Waals surface area contributed by atoms with Gasteiger partial charge in [0.25, 0.3) is 0 Å². The molecule has 0 bridgehead atoms. The molecule has 0 spiro atoms. The molecule has 1 atom stereocenters. The summed E-state index contributed by atoms with van der Waals surface area (Å²) in [6, 6.07) is 0.878. The average molecular weight is 240 g/mol. The number of nitrogens with two attached hydrogens (primary N) is 1. The van der Waals surface area contributed by atoms with Gasteiger partial charge < -0.3 is 16.2 Å². The molecule has 1 amide bonds. The number of hydrogen-bond acceptors (Lipinski definition) is 4. The molecule has 94 valence electrons. The zero-order valence-electron chi connectivity index (χ0n) is 9.80. The Morgan fingerprint density at radius 1 is 1.65 bits per heavy atom. The van der Waals surface area contributed by atoms with Crippen LogP contribution in [0.2, 0.25) is 0 Å². The van der Waals surface area contributed by atoms with Crippen LogP contribution < -0.4 is 11.1 Å². The number of anilines is 1. The van der Waals surface area contributed by atoms with E-state index in [1.807, 2.05) is 0 Å². The van der Waals surface area contributed by atoms with Gasteiger partial charge in [-0.15, -0.1) is 0 Å². The molecule has 0 aliphatic heterocycles. The molecular formula is C10H16N4O3. The number of nitrogens with one attached hydrogen (secondary N) is 1. The Morgan fingerprint density at radius 2 is 2.29 bits per heavy atom. The summed E-state index contributed by atoms with van der Waals surface area (Å²) in [5, 5.41) is 15.1. The van der Waals surface area contributed by atoms with Crippen LogP contribution in [0.4, 0.5) is 5.82 Å². The summed E-state index contributed by atoms with van der Waals surface area (Å²) in [4.78, 5) is 22.0. The predicted molar refractivity (Wildman–Crippen MR) is 61.4 cm³/mol. The molecular weight excluding hydrogens is 224 g/mol. The van der Waals surface area contributed by atoms with E-state index >= 15 is 0 Å². The average Bonchev–Trinajstić information content (AvgIpc) is 2.53. The standard InChI is InChI=1S/C10H16N4O3/c1-6-5-8(14(2)13-6)12-10(17)7(11)3-4-9(15)16/h5,7H,3-4,11H2,1-2H3,(H,12,17)(H,15,16). The molecule has 0 fully saturated rings.